The molecule has 1 aliphatic rings. The smallest absolute Gasteiger partial charge is 0.292 e. The Morgan fingerprint density at radius 2 is 1.76 bits per heavy atom. The summed E-state index contributed by atoms with van der Waals surface area (Å²) in [5, 5.41) is 0. The van der Waals surface area contributed by atoms with Crippen molar-refractivity contribution in [2.24, 2.45) is 0 Å². The molecule has 0 aromatic heterocycles. The van der Waals surface area contributed by atoms with E-state index < -0.39 is 0 Å². The van der Waals surface area contributed by atoms with Crippen LogP contribution in [0.4, 0.5) is 5.69 Å². The third-order valence-electron chi connectivity index (χ3n) is 3.94. The summed E-state index contributed by atoms with van der Waals surface area (Å²) in [6.45, 7) is 16.9. The fourth-order valence-corrected chi connectivity index (χ4v) is 2.68. The Bertz CT molecular complexity index is 845. The van der Waals surface area contributed by atoms with Crippen LogP contribution in [-0.2, 0) is 4.74 Å². The van der Waals surface area contributed by atoms with Gasteiger partial charge in [0.05, 0.1) is 25.0 Å². The van der Waals surface area contributed by atoms with Crippen LogP contribution in [0.1, 0.15) is 6.92 Å². The summed E-state index contributed by atoms with van der Waals surface area (Å²) in [5.74, 6) is 1.48. The molecule has 1 heterocycles. The quantitative estimate of drug-likeness (QED) is 0.743. The number of anilines is 1. The number of nitrogens with zero attached hydrogens (tertiary/aromatic N) is 3. The summed E-state index contributed by atoms with van der Waals surface area (Å²) in [7, 11) is 0. The molecule has 1 aliphatic heterocycles. The molecule has 2 aromatic carbocycles. The lowest BCUT2D eigenvalue weighted by molar-refractivity contribution is 0.134. The second-order valence-electron chi connectivity index (χ2n) is 5.53. The Kier molecular flexibility index (Phi) is 4.99. The normalized spacial score (nSPS) is 16.2. The Balaban J connectivity index is 1.85. The van der Waals surface area contributed by atoms with Crippen molar-refractivity contribution >= 4 is 5.69 Å². The van der Waals surface area contributed by atoms with Crippen LogP contribution in [0.3, 0.4) is 0 Å². The lowest BCUT2D eigenvalue weighted by Gasteiger charge is -2.21. The average molecular weight is 331 g/mol. The highest BCUT2D eigenvalue weighted by atomic mass is 16.5. The van der Waals surface area contributed by atoms with E-state index in [1.54, 1.807) is 0 Å². The minimum atomic E-state index is -0.235. The van der Waals surface area contributed by atoms with Gasteiger partial charge in [0.2, 0.25) is 5.70 Å². The first kappa shape index (κ1) is 16.6. The molecule has 0 N–H and O–H groups in total. The molecule has 0 amide bonds. The fraction of sp³-hybridized carbons (Fsp3) is 0.200. The first-order chi connectivity index (χ1) is 12.2. The van der Waals surface area contributed by atoms with Crippen molar-refractivity contribution in [1.29, 1.82) is 0 Å². The van der Waals surface area contributed by atoms with Crippen LogP contribution < -0.4 is 9.64 Å². The molecule has 0 fully saturated rings. The van der Waals surface area contributed by atoms with E-state index in [1.807, 2.05) is 66.4 Å². The summed E-state index contributed by atoms with van der Waals surface area (Å²) in [6, 6.07) is 17.1. The second-order valence-corrected chi connectivity index (χ2v) is 5.53. The van der Waals surface area contributed by atoms with Gasteiger partial charge in [-0.05, 0) is 43.3 Å². The Morgan fingerprint density at radius 3 is 2.40 bits per heavy atom. The minimum Gasteiger partial charge on any atom is -0.457 e. The molecule has 0 aliphatic carbocycles. The van der Waals surface area contributed by atoms with Crippen molar-refractivity contribution in [3.05, 3.63) is 88.8 Å². The third-order valence-corrected chi connectivity index (χ3v) is 3.94. The first-order valence-electron chi connectivity index (χ1n) is 7.88. The molecule has 0 saturated heterocycles. The maximum atomic E-state index is 7.37. The first-order valence-corrected chi connectivity index (χ1v) is 7.88. The zero-order chi connectivity index (χ0) is 17.6. The van der Waals surface area contributed by atoms with Gasteiger partial charge < -0.3 is 9.47 Å². The highest BCUT2D eigenvalue weighted by Gasteiger charge is 2.29. The molecule has 0 radical (unpaired) electrons. The lowest BCUT2D eigenvalue weighted by atomic mass is 10.2. The molecule has 124 valence electrons. The summed E-state index contributed by atoms with van der Waals surface area (Å²) >= 11 is 0. The van der Waals surface area contributed by atoms with E-state index in [2.05, 4.69) is 9.69 Å². The van der Waals surface area contributed by atoms with Crippen LogP contribution in [0, 0.1) is 13.1 Å². The number of ether oxygens (including phenoxy) is 2. The van der Waals surface area contributed by atoms with Gasteiger partial charge in [0.25, 0.3) is 6.67 Å². The van der Waals surface area contributed by atoms with Crippen LogP contribution in [0.15, 0.2) is 66.0 Å². The molecule has 0 saturated carbocycles. The van der Waals surface area contributed by atoms with Gasteiger partial charge in [0.1, 0.15) is 11.5 Å². The minimum absolute atomic E-state index is 0.142. The lowest BCUT2D eigenvalue weighted by Crippen LogP contribution is -2.23. The summed E-state index contributed by atoms with van der Waals surface area (Å²) in [6.07, 6.45) is -0.235. The summed E-state index contributed by atoms with van der Waals surface area (Å²) in [4.78, 5) is 8.91. The Morgan fingerprint density at radius 1 is 1.08 bits per heavy atom. The Hall–Kier alpha value is -3.28. The third kappa shape index (κ3) is 3.63. The number of hydrogen-bond acceptors (Lipinski definition) is 3. The summed E-state index contributed by atoms with van der Waals surface area (Å²) in [5.41, 5.74) is 2.16. The van der Waals surface area contributed by atoms with E-state index in [0.717, 1.165) is 17.1 Å². The molecule has 0 spiro atoms. The van der Waals surface area contributed by atoms with Crippen LogP contribution >= 0.6 is 0 Å². The van der Waals surface area contributed by atoms with E-state index >= 15 is 0 Å². The predicted molar refractivity (Wildman–Crippen MR) is 95.9 cm³/mol. The number of rotatable bonds is 5. The highest BCUT2D eigenvalue weighted by molar-refractivity contribution is 5.57. The van der Waals surface area contributed by atoms with E-state index in [1.165, 1.54) is 0 Å². The molecule has 5 heteroatoms. The van der Waals surface area contributed by atoms with E-state index in [4.69, 9.17) is 22.6 Å². The maximum Gasteiger partial charge on any atom is 0.292 e. The van der Waals surface area contributed by atoms with Crippen molar-refractivity contribution < 1.29 is 9.47 Å². The van der Waals surface area contributed by atoms with Crippen molar-refractivity contribution in [2.75, 3.05) is 18.2 Å². The second kappa shape index (κ2) is 7.53. The maximum absolute atomic E-state index is 7.37. The van der Waals surface area contributed by atoms with Gasteiger partial charge in [0, 0.05) is 5.69 Å². The number of para-hydroxylation sites is 1. The van der Waals surface area contributed by atoms with Gasteiger partial charge in [-0.2, -0.15) is 0 Å². The van der Waals surface area contributed by atoms with E-state index in [-0.39, 0.29) is 12.8 Å². The van der Waals surface area contributed by atoms with Gasteiger partial charge in [-0.25, -0.2) is 11.4 Å². The van der Waals surface area contributed by atoms with Gasteiger partial charge >= 0.3 is 0 Å². The van der Waals surface area contributed by atoms with Gasteiger partial charge in [-0.3, -0.25) is 9.74 Å². The van der Waals surface area contributed by atoms with Crippen molar-refractivity contribution in [3.63, 3.8) is 0 Å². The topological polar surface area (TPSA) is 30.4 Å². The monoisotopic (exact) mass is 331 g/mol. The zero-order valence-corrected chi connectivity index (χ0v) is 13.8. The molecule has 1 unspecified atom stereocenters. The number of hydrogen-bond donors (Lipinski definition) is 0. The largest absolute Gasteiger partial charge is 0.457 e. The van der Waals surface area contributed by atoms with Crippen LogP contribution in [-0.4, -0.2) is 19.4 Å². The van der Waals surface area contributed by atoms with Gasteiger partial charge in [-0.1, -0.05) is 18.2 Å². The molecule has 5 nitrogen and oxygen atoms in total. The van der Waals surface area contributed by atoms with Crippen LogP contribution in [0.2, 0.25) is 0 Å². The number of benzene rings is 2. The zero-order valence-electron chi connectivity index (χ0n) is 13.8. The van der Waals surface area contributed by atoms with Crippen molar-refractivity contribution in [1.82, 2.24) is 0 Å². The molecule has 1 atom stereocenters. The SMILES string of the molecule is [C-]#[N+]CN(C1=C([N+]#[C-])C(C)OC1)c1ccc(Oc2ccccc2)cc1. The molecular weight excluding hydrogens is 314 g/mol. The standard InChI is InChI=1S/C20H17N3O2/c1-15-20(22-3)19(13-24-15)23(14-21-2)16-9-11-18(12-10-16)25-17-7-5-4-6-8-17/h4-12,15H,13-14H2,1H3. The Labute approximate surface area is 147 Å². The molecule has 25 heavy (non-hydrogen) atoms. The highest BCUT2D eigenvalue weighted by Crippen LogP contribution is 2.31. The molecule has 3 rings (SSSR count). The van der Waals surface area contributed by atoms with E-state index in [9.17, 15) is 0 Å². The molecular formula is C20H17N3O2. The predicted octanol–water partition coefficient (Wildman–Crippen LogP) is 4.71. The average Bonchev–Trinajstić information content (AvgIpc) is 3.02. The summed E-state index contributed by atoms with van der Waals surface area (Å²) < 4.78 is 11.4. The van der Waals surface area contributed by atoms with Gasteiger partial charge in [0.15, 0.2) is 0 Å². The van der Waals surface area contributed by atoms with Crippen molar-refractivity contribution in [2.45, 2.75) is 13.0 Å². The van der Waals surface area contributed by atoms with Crippen LogP contribution in [0.25, 0.3) is 9.69 Å². The van der Waals surface area contributed by atoms with Crippen LogP contribution in [0.5, 0.6) is 11.5 Å². The molecule has 2 aromatic rings. The fourth-order valence-electron chi connectivity index (χ4n) is 2.68. The van der Waals surface area contributed by atoms with Crippen molar-refractivity contribution in [3.8, 4) is 11.5 Å². The van der Waals surface area contributed by atoms with E-state index in [0.29, 0.717) is 18.1 Å². The molecule has 0 bridgehead atoms. The van der Waals surface area contributed by atoms with Gasteiger partial charge in [-0.15, -0.1) is 0 Å².